The number of thiazole rings is 1. The van der Waals surface area contributed by atoms with E-state index in [0.29, 0.717) is 26.2 Å². The summed E-state index contributed by atoms with van der Waals surface area (Å²) in [5.41, 5.74) is 1.85. The molecular formula is C20H20F2N4OS. The number of piperazine rings is 1. The first-order chi connectivity index (χ1) is 13.5. The molecule has 4 rings (SSSR count). The van der Waals surface area contributed by atoms with Crippen molar-refractivity contribution in [3.63, 3.8) is 0 Å². The van der Waals surface area contributed by atoms with Gasteiger partial charge in [-0.1, -0.05) is 30.4 Å². The molecule has 2 heterocycles. The zero-order valence-electron chi connectivity index (χ0n) is 15.4. The van der Waals surface area contributed by atoms with E-state index in [1.165, 1.54) is 11.6 Å². The summed E-state index contributed by atoms with van der Waals surface area (Å²) >= 11 is 1.65. The molecule has 8 heteroatoms. The summed E-state index contributed by atoms with van der Waals surface area (Å²) in [7, 11) is 0. The molecule has 1 aromatic heterocycles. The Morgan fingerprint density at radius 3 is 2.54 bits per heavy atom. The Hall–Kier alpha value is -2.74. The number of nitrogens with zero attached hydrogens (tertiary/aromatic N) is 3. The molecular weight excluding hydrogens is 382 g/mol. The summed E-state index contributed by atoms with van der Waals surface area (Å²) in [5, 5.41) is 3.28. The van der Waals surface area contributed by atoms with Crippen LogP contribution < -0.4 is 10.2 Å². The third-order valence-corrected chi connectivity index (χ3v) is 5.96. The molecule has 3 aromatic rings. The van der Waals surface area contributed by atoms with Crippen molar-refractivity contribution in [2.45, 2.75) is 13.3 Å². The van der Waals surface area contributed by atoms with Gasteiger partial charge >= 0.3 is 6.03 Å². The van der Waals surface area contributed by atoms with Gasteiger partial charge in [0.1, 0.15) is 17.3 Å². The molecule has 0 saturated carbocycles. The molecule has 1 N–H and O–H groups in total. The van der Waals surface area contributed by atoms with E-state index in [1.807, 2.05) is 6.07 Å². The minimum Gasteiger partial charge on any atom is -0.345 e. The average Bonchev–Trinajstić information content (AvgIpc) is 3.14. The molecule has 0 aliphatic carbocycles. The first-order valence-corrected chi connectivity index (χ1v) is 10.0. The highest BCUT2D eigenvalue weighted by atomic mass is 32.1. The van der Waals surface area contributed by atoms with Gasteiger partial charge in [0, 0.05) is 26.2 Å². The maximum Gasteiger partial charge on any atom is 0.322 e. The lowest BCUT2D eigenvalue weighted by atomic mass is 10.2. The van der Waals surface area contributed by atoms with E-state index >= 15 is 0 Å². The molecule has 0 atom stereocenters. The molecule has 1 fully saturated rings. The van der Waals surface area contributed by atoms with Crippen molar-refractivity contribution in [2.24, 2.45) is 0 Å². The number of urea groups is 1. The highest BCUT2D eigenvalue weighted by Gasteiger charge is 2.24. The molecule has 1 saturated heterocycles. The SMILES string of the molecule is CCc1ccc2nc(N3CCN(C(=O)Nc4c(F)cccc4F)CC3)sc2c1. The third kappa shape index (κ3) is 3.64. The molecule has 1 aliphatic heterocycles. The van der Waals surface area contributed by atoms with Gasteiger partial charge in [-0.05, 0) is 36.2 Å². The number of amides is 2. The normalized spacial score (nSPS) is 14.5. The minimum absolute atomic E-state index is 0.409. The number of nitrogens with one attached hydrogen (secondary N) is 1. The van der Waals surface area contributed by atoms with E-state index < -0.39 is 23.4 Å². The maximum absolute atomic E-state index is 13.7. The van der Waals surface area contributed by atoms with E-state index in [0.717, 1.165) is 33.9 Å². The molecule has 146 valence electrons. The summed E-state index contributed by atoms with van der Waals surface area (Å²) in [5.74, 6) is -1.57. The van der Waals surface area contributed by atoms with Gasteiger partial charge in [-0.3, -0.25) is 0 Å². The lowest BCUT2D eigenvalue weighted by molar-refractivity contribution is 0.208. The number of halogens is 2. The number of para-hydroxylation sites is 1. The second kappa shape index (κ2) is 7.71. The first kappa shape index (κ1) is 18.6. The molecule has 2 amide bonds. The van der Waals surface area contributed by atoms with Gasteiger partial charge < -0.3 is 15.1 Å². The number of aromatic nitrogens is 1. The number of carbonyl (C=O) groups excluding carboxylic acids is 1. The minimum atomic E-state index is -0.784. The number of benzene rings is 2. The Balaban J connectivity index is 1.41. The topological polar surface area (TPSA) is 48.5 Å². The van der Waals surface area contributed by atoms with Gasteiger partial charge in [-0.15, -0.1) is 0 Å². The third-order valence-electron chi connectivity index (χ3n) is 4.88. The second-order valence-electron chi connectivity index (χ2n) is 6.65. The van der Waals surface area contributed by atoms with E-state index in [-0.39, 0.29) is 0 Å². The molecule has 28 heavy (non-hydrogen) atoms. The monoisotopic (exact) mass is 402 g/mol. The number of carbonyl (C=O) groups is 1. The lowest BCUT2D eigenvalue weighted by Crippen LogP contribution is -2.50. The zero-order chi connectivity index (χ0) is 19.7. The fourth-order valence-corrected chi connectivity index (χ4v) is 4.30. The zero-order valence-corrected chi connectivity index (χ0v) is 16.2. The number of hydrogen-bond acceptors (Lipinski definition) is 4. The number of fused-ring (bicyclic) bond motifs is 1. The van der Waals surface area contributed by atoms with Crippen LogP contribution >= 0.6 is 11.3 Å². The van der Waals surface area contributed by atoms with Crippen LogP contribution in [0.4, 0.5) is 24.4 Å². The standard InChI is InChI=1S/C20H20F2N4OS/c1-2-13-6-7-16-17(12-13)28-20(23-16)26-10-8-25(9-11-26)19(27)24-18-14(21)4-3-5-15(18)22/h3-7,12H,2,8-11H2,1H3,(H,24,27). The predicted molar refractivity (Wildman–Crippen MR) is 108 cm³/mol. The summed E-state index contributed by atoms with van der Waals surface area (Å²) < 4.78 is 28.6. The van der Waals surface area contributed by atoms with Crippen LogP contribution in [0.3, 0.4) is 0 Å². The molecule has 0 radical (unpaired) electrons. The Morgan fingerprint density at radius 1 is 1.14 bits per heavy atom. The predicted octanol–water partition coefficient (Wildman–Crippen LogP) is 4.49. The summed E-state index contributed by atoms with van der Waals surface area (Å²) in [6.07, 6.45) is 0.986. The summed E-state index contributed by atoms with van der Waals surface area (Å²) in [6, 6.07) is 9.31. The quantitative estimate of drug-likeness (QED) is 0.702. The van der Waals surface area contributed by atoms with Crippen LogP contribution in [0.15, 0.2) is 36.4 Å². The van der Waals surface area contributed by atoms with E-state index in [2.05, 4.69) is 29.3 Å². The lowest BCUT2D eigenvalue weighted by Gasteiger charge is -2.34. The average molecular weight is 402 g/mol. The van der Waals surface area contributed by atoms with Gasteiger partial charge in [0.25, 0.3) is 0 Å². The van der Waals surface area contributed by atoms with Gasteiger partial charge in [-0.2, -0.15) is 0 Å². The molecule has 0 bridgehead atoms. The molecule has 0 unspecified atom stereocenters. The molecule has 1 aliphatic rings. The van der Waals surface area contributed by atoms with Crippen molar-refractivity contribution in [1.29, 1.82) is 0 Å². The van der Waals surface area contributed by atoms with Crippen LogP contribution in [-0.2, 0) is 6.42 Å². The van der Waals surface area contributed by atoms with Crippen molar-refractivity contribution in [3.05, 3.63) is 53.6 Å². The van der Waals surface area contributed by atoms with Gasteiger partial charge in [0.2, 0.25) is 0 Å². The van der Waals surface area contributed by atoms with Crippen molar-refractivity contribution in [1.82, 2.24) is 9.88 Å². The van der Waals surface area contributed by atoms with Gasteiger partial charge in [0.05, 0.1) is 10.2 Å². The van der Waals surface area contributed by atoms with E-state index in [4.69, 9.17) is 4.98 Å². The van der Waals surface area contributed by atoms with Crippen LogP contribution in [0.1, 0.15) is 12.5 Å². The summed E-state index contributed by atoms with van der Waals surface area (Å²) in [4.78, 5) is 20.8. The second-order valence-corrected chi connectivity index (χ2v) is 7.66. The van der Waals surface area contributed by atoms with Crippen molar-refractivity contribution < 1.29 is 13.6 Å². The van der Waals surface area contributed by atoms with Gasteiger partial charge in [-0.25, -0.2) is 18.6 Å². The van der Waals surface area contributed by atoms with Crippen molar-refractivity contribution >= 4 is 38.4 Å². The first-order valence-electron chi connectivity index (χ1n) is 9.19. The van der Waals surface area contributed by atoms with Crippen LogP contribution in [0, 0.1) is 11.6 Å². The Morgan fingerprint density at radius 2 is 1.86 bits per heavy atom. The number of hydrogen-bond donors (Lipinski definition) is 1. The van der Waals surface area contributed by atoms with Crippen LogP contribution in [-0.4, -0.2) is 42.1 Å². The van der Waals surface area contributed by atoms with Crippen molar-refractivity contribution in [2.75, 3.05) is 36.4 Å². The fourth-order valence-electron chi connectivity index (χ4n) is 3.22. The van der Waals surface area contributed by atoms with Crippen molar-refractivity contribution in [3.8, 4) is 0 Å². The van der Waals surface area contributed by atoms with Crippen LogP contribution in [0.2, 0.25) is 0 Å². The van der Waals surface area contributed by atoms with E-state index in [1.54, 1.807) is 16.2 Å². The largest absolute Gasteiger partial charge is 0.345 e. The number of anilines is 2. The van der Waals surface area contributed by atoms with Crippen LogP contribution in [0.5, 0.6) is 0 Å². The number of aryl methyl sites for hydroxylation is 1. The highest BCUT2D eigenvalue weighted by molar-refractivity contribution is 7.22. The smallest absolute Gasteiger partial charge is 0.322 e. The Kier molecular flexibility index (Phi) is 5.13. The van der Waals surface area contributed by atoms with E-state index in [9.17, 15) is 13.6 Å². The number of rotatable bonds is 3. The van der Waals surface area contributed by atoms with Gasteiger partial charge in [0.15, 0.2) is 5.13 Å². The fraction of sp³-hybridized carbons (Fsp3) is 0.300. The maximum atomic E-state index is 13.7. The molecule has 5 nitrogen and oxygen atoms in total. The Bertz CT molecular complexity index is 994. The molecule has 2 aromatic carbocycles. The van der Waals surface area contributed by atoms with Crippen LogP contribution in [0.25, 0.3) is 10.2 Å². The Labute approximate surface area is 165 Å². The molecule has 0 spiro atoms. The summed E-state index contributed by atoms with van der Waals surface area (Å²) in [6.45, 7) is 4.28. The highest BCUT2D eigenvalue weighted by Crippen LogP contribution is 2.30.